The number of anilines is 1. The smallest absolute Gasteiger partial charge is 0.0647 e. The van der Waals surface area contributed by atoms with Crippen LogP contribution >= 0.6 is 15.9 Å². The van der Waals surface area contributed by atoms with Crippen LogP contribution in [-0.2, 0) is 0 Å². The van der Waals surface area contributed by atoms with Crippen LogP contribution in [-0.4, -0.2) is 37.4 Å². The average Bonchev–Trinajstić information content (AvgIpc) is 2.51. The van der Waals surface area contributed by atoms with Crippen molar-refractivity contribution in [3.63, 3.8) is 0 Å². The second-order valence-corrected chi connectivity index (χ2v) is 5.64. The van der Waals surface area contributed by atoms with Gasteiger partial charge in [0.05, 0.1) is 12.6 Å². The Hall–Kier alpha value is -0.580. The molecule has 0 aliphatic carbocycles. The Kier molecular flexibility index (Phi) is 4.42. The van der Waals surface area contributed by atoms with E-state index in [0.29, 0.717) is 5.92 Å². The Morgan fingerprint density at radius 3 is 2.71 bits per heavy atom. The highest BCUT2D eigenvalue weighted by Crippen LogP contribution is 2.22. The van der Waals surface area contributed by atoms with E-state index >= 15 is 0 Å². The molecule has 0 spiro atoms. The summed E-state index contributed by atoms with van der Waals surface area (Å²) in [4.78, 5) is 2.30. The number of nitrogens with zero attached hydrogens (tertiary/aromatic N) is 1. The first-order chi connectivity index (χ1) is 8.20. The van der Waals surface area contributed by atoms with Gasteiger partial charge in [-0.05, 0) is 36.7 Å². The lowest BCUT2D eigenvalue weighted by Crippen LogP contribution is -2.42. The SMILES string of the molecule is CC1CNCC(CO)N(c2ccc(Br)cc2)C1. The van der Waals surface area contributed by atoms with Gasteiger partial charge in [-0.25, -0.2) is 0 Å². The molecule has 1 fully saturated rings. The Balaban J connectivity index is 2.21. The minimum Gasteiger partial charge on any atom is -0.394 e. The van der Waals surface area contributed by atoms with Crippen molar-refractivity contribution in [1.82, 2.24) is 5.32 Å². The van der Waals surface area contributed by atoms with Crippen LogP contribution in [0.3, 0.4) is 0 Å². The minimum atomic E-state index is 0.168. The Labute approximate surface area is 111 Å². The van der Waals surface area contributed by atoms with Crippen molar-refractivity contribution in [2.24, 2.45) is 5.92 Å². The van der Waals surface area contributed by atoms with E-state index in [1.165, 1.54) is 5.69 Å². The number of nitrogens with one attached hydrogen (secondary N) is 1. The minimum absolute atomic E-state index is 0.168. The van der Waals surface area contributed by atoms with E-state index in [0.717, 1.165) is 24.1 Å². The molecule has 0 bridgehead atoms. The summed E-state index contributed by atoms with van der Waals surface area (Å²) < 4.78 is 1.09. The molecule has 0 radical (unpaired) electrons. The van der Waals surface area contributed by atoms with Crippen molar-refractivity contribution in [3.05, 3.63) is 28.7 Å². The molecule has 0 aromatic heterocycles. The van der Waals surface area contributed by atoms with Crippen LogP contribution in [0.2, 0.25) is 0 Å². The van der Waals surface area contributed by atoms with Crippen LogP contribution in [0.5, 0.6) is 0 Å². The summed E-state index contributed by atoms with van der Waals surface area (Å²) in [6.45, 7) is 5.27. The van der Waals surface area contributed by atoms with Crippen LogP contribution in [0.1, 0.15) is 6.92 Å². The second-order valence-electron chi connectivity index (χ2n) is 4.73. The van der Waals surface area contributed by atoms with E-state index in [2.05, 4.69) is 45.2 Å². The highest BCUT2D eigenvalue weighted by Gasteiger charge is 2.23. The lowest BCUT2D eigenvalue weighted by molar-refractivity contribution is 0.259. The fraction of sp³-hybridized carbons (Fsp3) is 0.538. The van der Waals surface area contributed by atoms with Gasteiger partial charge in [-0.15, -0.1) is 0 Å². The molecule has 1 saturated heterocycles. The molecular formula is C13H19BrN2O. The van der Waals surface area contributed by atoms with Crippen LogP contribution in [0, 0.1) is 5.92 Å². The highest BCUT2D eigenvalue weighted by atomic mass is 79.9. The molecular weight excluding hydrogens is 280 g/mol. The maximum atomic E-state index is 9.50. The van der Waals surface area contributed by atoms with E-state index in [9.17, 15) is 5.11 Å². The Bertz CT molecular complexity index is 355. The molecule has 4 heteroatoms. The molecule has 2 unspecified atom stereocenters. The number of aliphatic hydroxyl groups is 1. The van der Waals surface area contributed by atoms with Crippen LogP contribution in [0.15, 0.2) is 28.7 Å². The van der Waals surface area contributed by atoms with Crippen molar-refractivity contribution < 1.29 is 5.11 Å². The third-order valence-corrected chi connectivity index (χ3v) is 3.72. The van der Waals surface area contributed by atoms with Gasteiger partial charge in [0.15, 0.2) is 0 Å². The van der Waals surface area contributed by atoms with Gasteiger partial charge in [0.2, 0.25) is 0 Å². The first-order valence-electron chi connectivity index (χ1n) is 6.04. The van der Waals surface area contributed by atoms with Crippen LogP contribution in [0.25, 0.3) is 0 Å². The summed E-state index contributed by atoms with van der Waals surface area (Å²) in [6.07, 6.45) is 0. The molecule has 1 aliphatic rings. The molecule has 2 rings (SSSR count). The lowest BCUT2D eigenvalue weighted by atomic mass is 10.1. The summed E-state index contributed by atoms with van der Waals surface area (Å²) in [6, 6.07) is 8.47. The van der Waals surface area contributed by atoms with Gasteiger partial charge in [-0.1, -0.05) is 22.9 Å². The van der Waals surface area contributed by atoms with Crippen LogP contribution in [0.4, 0.5) is 5.69 Å². The zero-order valence-electron chi connectivity index (χ0n) is 10.1. The van der Waals surface area contributed by atoms with E-state index in [-0.39, 0.29) is 12.6 Å². The molecule has 1 aromatic rings. The maximum Gasteiger partial charge on any atom is 0.0647 e. The third-order valence-electron chi connectivity index (χ3n) is 3.19. The molecule has 1 aromatic carbocycles. The monoisotopic (exact) mass is 298 g/mol. The number of halogens is 1. The molecule has 3 nitrogen and oxygen atoms in total. The normalized spacial score (nSPS) is 25.7. The quantitative estimate of drug-likeness (QED) is 0.875. The van der Waals surface area contributed by atoms with Crippen molar-refractivity contribution in [3.8, 4) is 0 Å². The van der Waals surface area contributed by atoms with Gasteiger partial charge in [0, 0.05) is 23.2 Å². The standard InChI is InChI=1S/C13H19BrN2O/c1-10-6-15-7-13(9-17)16(8-10)12-4-2-11(14)3-5-12/h2-5,10,13,15,17H,6-9H2,1H3. The molecule has 0 saturated carbocycles. The molecule has 2 atom stereocenters. The third kappa shape index (κ3) is 3.21. The predicted molar refractivity (Wildman–Crippen MR) is 74.4 cm³/mol. The van der Waals surface area contributed by atoms with Gasteiger partial charge in [0.25, 0.3) is 0 Å². The maximum absolute atomic E-state index is 9.50. The van der Waals surface area contributed by atoms with Gasteiger partial charge in [0.1, 0.15) is 0 Å². The lowest BCUT2D eigenvalue weighted by Gasteiger charge is -2.31. The van der Waals surface area contributed by atoms with E-state index in [4.69, 9.17) is 0 Å². The molecule has 2 N–H and O–H groups in total. The second kappa shape index (κ2) is 5.85. The summed E-state index contributed by atoms with van der Waals surface area (Å²) in [5.41, 5.74) is 1.18. The van der Waals surface area contributed by atoms with Crippen molar-refractivity contribution in [2.45, 2.75) is 13.0 Å². The zero-order valence-corrected chi connectivity index (χ0v) is 11.7. The summed E-state index contributed by atoms with van der Waals surface area (Å²) in [5, 5.41) is 12.9. The number of hydrogen-bond donors (Lipinski definition) is 2. The zero-order chi connectivity index (χ0) is 12.3. The molecule has 0 amide bonds. The van der Waals surface area contributed by atoms with E-state index in [1.54, 1.807) is 0 Å². The first-order valence-corrected chi connectivity index (χ1v) is 6.84. The van der Waals surface area contributed by atoms with E-state index in [1.807, 2.05) is 12.1 Å². The van der Waals surface area contributed by atoms with Crippen molar-refractivity contribution in [1.29, 1.82) is 0 Å². The molecule has 17 heavy (non-hydrogen) atoms. The van der Waals surface area contributed by atoms with Gasteiger partial charge in [-0.2, -0.15) is 0 Å². The fourth-order valence-corrected chi connectivity index (χ4v) is 2.53. The van der Waals surface area contributed by atoms with Gasteiger partial charge < -0.3 is 15.3 Å². The number of benzene rings is 1. The number of hydrogen-bond acceptors (Lipinski definition) is 3. The molecule has 94 valence electrons. The number of rotatable bonds is 2. The molecule has 1 aliphatic heterocycles. The average molecular weight is 299 g/mol. The van der Waals surface area contributed by atoms with Crippen LogP contribution < -0.4 is 10.2 Å². The number of aliphatic hydroxyl groups excluding tert-OH is 1. The van der Waals surface area contributed by atoms with E-state index < -0.39 is 0 Å². The van der Waals surface area contributed by atoms with Crippen molar-refractivity contribution in [2.75, 3.05) is 31.1 Å². The first kappa shape index (κ1) is 12.9. The topological polar surface area (TPSA) is 35.5 Å². The largest absolute Gasteiger partial charge is 0.394 e. The van der Waals surface area contributed by atoms with Crippen molar-refractivity contribution >= 4 is 21.6 Å². The predicted octanol–water partition coefficient (Wildman–Crippen LogP) is 1.86. The fourth-order valence-electron chi connectivity index (χ4n) is 2.27. The summed E-state index contributed by atoms with van der Waals surface area (Å²) in [5.74, 6) is 0.593. The summed E-state index contributed by atoms with van der Waals surface area (Å²) >= 11 is 3.45. The highest BCUT2D eigenvalue weighted by molar-refractivity contribution is 9.10. The Morgan fingerprint density at radius 2 is 2.06 bits per heavy atom. The van der Waals surface area contributed by atoms with Gasteiger partial charge >= 0.3 is 0 Å². The summed E-state index contributed by atoms with van der Waals surface area (Å²) in [7, 11) is 0. The van der Waals surface area contributed by atoms with Gasteiger partial charge in [-0.3, -0.25) is 0 Å². The molecule has 1 heterocycles. The Morgan fingerprint density at radius 1 is 1.35 bits per heavy atom.